The molecule has 0 radical (unpaired) electrons. The van der Waals surface area contributed by atoms with Crippen LogP contribution in [-0.2, 0) is 16.0 Å². The van der Waals surface area contributed by atoms with Crippen LogP contribution in [0.4, 0.5) is 0 Å². The van der Waals surface area contributed by atoms with Crippen molar-refractivity contribution >= 4 is 5.96 Å². The third-order valence-corrected chi connectivity index (χ3v) is 4.47. The average Bonchev–Trinajstić information content (AvgIpc) is 3.28. The first kappa shape index (κ1) is 17.8. The molecule has 7 nitrogen and oxygen atoms in total. The second kappa shape index (κ2) is 8.92. The first-order valence-corrected chi connectivity index (χ1v) is 8.71. The van der Waals surface area contributed by atoms with Gasteiger partial charge in [-0.15, -0.1) is 0 Å². The van der Waals surface area contributed by atoms with Crippen LogP contribution in [0.1, 0.15) is 12.0 Å². The molecule has 25 heavy (non-hydrogen) atoms. The number of rotatable bonds is 7. The van der Waals surface area contributed by atoms with Gasteiger partial charge < -0.3 is 29.2 Å². The number of fused-ring (bicyclic) bond motifs is 1. The summed E-state index contributed by atoms with van der Waals surface area (Å²) in [5.74, 6) is 3.09. The Morgan fingerprint density at radius 2 is 2.20 bits per heavy atom. The molecule has 0 saturated carbocycles. The molecule has 2 aliphatic heterocycles. The molecule has 0 aliphatic carbocycles. The van der Waals surface area contributed by atoms with Gasteiger partial charge in [-0.2, -0.15) is 0 Å². The Kier molecular flexibility index (Phi) is 6.36. The molecule has 0 bridgehead atoms. The van der Waals surface area contributed by atoms with E-state index in [0.29, 0.717) is 32.5 Å². The van der Waals surface area contributed by atoms with Crippen molar-refractivity contribution in [2.45, 2.75) is 13.0 Å². The van der Waals surface area contributed by atoms with Gasteiger partial charge in [0.2, 0.25) is 6.79 Å². The van der Waals surface area contributed by atoms with E-state index in [1.165, 1.54) is 0 Å². The number of nitrogens with one attached hydrogen (secondary N) is 1. The van der Waals surface area contributed by atoms with Gasteiger partial charge in [0.1, 0.15) is 0 Å². The van der Waals surface area contributed by atoms with Crippen molar-refractivity contribution in [2.24, 2.45) is 10.9 Å². The topological polar surface area (TPSA) is 64.6 Å². The third-order valence-electron chi connectivity index (χ3n) is 4.47. The normalized spacial score (nSPS) is 19.5. The van der Waals surface area contributed by atoms with Crippen molar-refractivity contribution in [3.63, 3.8) is 0 Å². The Labute approximate surface area is 148 Å². The van der Waals surface area contributed by atoms with E-state index in [1.54, 1.807) is 7.11 Å². The van der Waals surface area contributed by atoms with Gasteiger partial charge in [0.25, 0.3) is 0 Å². The van der Waals surface area contributed by atoms with Gasteiger partial charge in [-0.25, -0.2) is 0 Å². The number of aliphatic imine (C=N–C) groups is 1. The fourth-order valence-corrected chi connectivity index (χ4v) is 3.12. The van der Waals surface area contributed by atoms with Gasteiger partial charge in [0.15, 0.2) is 17.5 Å². The number of hydrogen-bond donors (Lipinski definition) is 1. The molecule has 7 heteroatoms. The van der Waals surface area contributed by atoms with Gasteiger partial charge in [-0.3, -0.25) is 4.99 Å². The maximum absolute atomic E-state index is 5.65. The van der Waals surface area contributed by atoms with E-state index in [2.05, 4.69) is 15.2 Å². The first-order chi connectivity index (χ1) is 12.3. The summed E-state index contributed by atoms with van der Waals surface area (Å²) in [6.45, 7) is 5.05. The molecule has 1 fully saturated rings. The predicted molar refractivity (Wildman–Crippen MR) is 95.1 cm³/mol. The number of likely N-dealkylation sites (tertiary alicyclic amines) is 1. The quantitative estimate of drug-likeness (QED) is 0.457. The van der Waals surface area contributed by atoms with Crippen molar-refractivity contribution in [2.75, 3.05) is 53.9 Å². The fraction of sp³-hybridized carbons (Fsp3) is 0.611. The molecule has 3 rings (SSSR count). The van der Waals surface area contributed by atoms with Crippen LogP contribution in [-0.4, -0.2) is 64.7 Å². The maximum atomic E-state index is 5.65. The molecule has 2 heterocycles. The zero-order valence-electron chi connectivity index (χ0n) is 15.0. The summed E-state index contributed by atoms with van der Waals surface area (Å²) in [5.41, 5.74) is 1.14. The molecule has 1 unspecified atom stereocenters. The van der Waals surface area contributed by atoms with Crippen LogP contribution in [0.25, 0.3) is 0 Å². The Balaban J connectivity index is 1.45. The molecule has 1 aromatic carbocycles. The van der Waals surface area contributed by atoms with Crippen LogP contribution in [0.2, 0.25) is 0 Å². The van der Waals surface area contributed by atoms with E-state index >= 15 is 0 Å². The summed E-state index contributed by atoms with van der Waals surface area (Å²) in [5, 5.41) is 3.43. The monoisotopic (exact) mass is 349 g/mol. The molecule has 1 saturated heterocycles. The Bertz CT molecular complexity index is 594. The lowest BCUT2D eigenvalue weighted by Crippen LogP contribution is -2.39. The minimum absolute atomic E-state index is 0.301. The number of guanidine groups is 1. The lowest BCUT2D eigenvalue weighted by molar-refractivity contribution is 0.0536. The van der Waals surface area contributed by atoms with E-state index in [9.17, 15) is 0 Å². The van der Waals surface area contributed by atoms with E-state index in [-0.39, 0.29) is 0 Å². The van der Waals surface area contributed by atoms with Crippen molar-refractivity contribution < 1.29 is 18.9 Å². The molecule has 2 aliphatic rings. The number of nitrogens with zero attached hydrogens (tertiary/aromatic N) is 2. The molecule has 1 N–H and O–H groups in total. The minimum atomic E-state index is 0.301. The highest BCUT2D eigenvalue weighted by atomic mass is 16.7. The number of methoxy groups -OCH3 is 1. The Hall–Kier alpha value is -1.99. The molecular weight excluding hydrogens is 322 g/mol. The minimum Gasteiger partial charge on any atom is -0.454 e. The zero-order chi connectivity index (χ0) is 17.5. The first-order valence-electron chi connectivity index (χ1n) is 8.71. The van der Waals surface area contributed by atoms with E-state index in [0.717, 1.165) is 49.1 Å². The second-order valence-corrected chi connectivity index (χ2v) is 6.26. The predicted octanol–water partition coefficient (Wildman–Crippen LogP) is 1.48. The van der Waals surface area contributed by atoms with E-state index < -0.39 is 0 Å². The van der Waals surface area contributed by atoms with Crippen LogP contribution in [0.3, 0.4) is 0 Å². The Morgan fingerprint density at radius 3 is 3.04 bits per heavy atom. The highest BCUT2D eigenvalue weighted by molar-refractivity contribution is 5.80. The van der Waals surface area contributed by atoms with Gasteiger partial charge in [0, 0.05) is 39.7 Å². The highest BCUT2D eigenvalue weighted by Crippen LogP contribution is 2.32. The zero-order valence-corrected chi connectivity index (χ0v) is 15.0. The lowest BCUT2D eigenvalue weighted by Gasteiger charge is -2.22. The molecule has 0 amide bonds. The highest BCUT2D eigenvalue weighted by Gasteiger charge is 2.25. The smallest absolute Gasteiger partial charge is 0.231 e. The van der Waals surface area contributed by atoms with Crippen LogP contribution in [0.5, 0.6) is 11.5 Å². The largest absolute Gasteiger partial charge is 0.454 e. The lowest BCUT2D eigenvalue weighted by atomic mass is 10.1. The molecular formula is C18H27N3O4. The van der Waals surface area contributed by atoms with Crippen molar-refractivity contribution in [3.8, 4) is 11.5 Å². The molecule has 0 aromatic heterocycles. The van der Waals surface area contributed by atoms with Crippen LogP contribution in [0, 0.1) is 5.92 Å². The summed E-state index contributed by atoms with van der Waals surface area (Å²) in [4.78, 5) is 6.71. The summed E-state index contributed by atoms with van der Waals surface area (Å²) < 4.78 is 21.4. The average molecular weight is 349 g/mol. The summed E-state index contributed by atoms with van der Waals surface area (Å²) in [7, 11) is 3.51. The van der Waals surface area contributed by atoms with Gasteiger partial charge >= 0.3 is 0 Å². The molecule has 1 aromatic rings. The van der Waals surface area contributed by atoms with Gasteiger partial charge in [0.05, 0.1) is 19.8 Å². The summed E-state index contributed by atoms with van der Waals surface area (Å²) in [6, 6.07) is 6.01. The van der Waals surface area contributed by atoms with Crippen LogP contribution in [0.15, 0.2) is 23.2 Å². The maximum Gasteiger partial charge on any atom is 0.231 e. The van der Waals surface area contributed by atoms with Crippen molar-refractivity contribution in [3.05, 3.63) is 23.8 Å². The summed E-state index contributed by atoms with van der Waals surface area (Å²) in [6.07, 6.45) is 1.12. The van der Waals surface area contributed by atoms with Crippen molar-refractivity contribution in [1.82, 2.24) is 10.2 Å². The standard InChI is InChI=1S/C18H27N3O4/c1-19-18(21-6-5-15(11-21)12-23-8-7-22-2)20-10-14-3-4-16-17(9-14)25-13-24-16/h3-4,9,15H,5-8,10-13H2,1-2H3,(H,19,20). The van der Waals surface area contributed by atoms with E-state index in [4.69, 9.17) is 18.9 Å². The second-order valence-electron chi connectivity index (χ2n) is 6.26. The molecule has 1 atom stereocenters. The van der Waals surface area contributed by atoms with Crippen molar-refractivity contribution in [1.29, 1.82) is 0 Å². The SMILES string of the molecule is CN=C(NCc1ccc2c(c1)OCO2)N1CCC(COCCOC)C1. The van der Waals surface area contributed by atoms with Gasteiger partial charge in [-0.05, 0) is 24.1 Å². The van der Waals surface area contributed by atoms with E-state index in [1.807, 2.05) is 25.2 Å². The van der Waals surface area contributed by atoms with Crippen LogP contribution >= 0.6 is 0 Å². The van der Waals surface area contributed by atoms with Gasteiger partial charge in [-0.1, -0.05) is 6.07 Å². The Morgan fingerprint density at radius 1 is 1.32 bits per heavy atom. The fourth-order valence-electron chi connectivity index (χ4n) is 3.12. The van der Waals surface area contributed by atoms with Crippen LogP contribution < -0.4 is 14.8 Å². The number of hydrogen-bond acceptors (Lipinski definition) is 5. The third kappa shape index (κ3) is 4.76. The molecule has 0 spiro atoms. The number of ether oxygens (including phenoxy) is 4. The molecule has 138 valence electrons. The summed E-state index contributed by atoms with van der Waals surface area (Å²) >= 11 is 0. The number of benzene rings is 1.